The first-order chi connectivity index (χ1) is 8.36. The minimum absolute atomic E-state index is 0.106. The van der Waals surface area contributed by atoms with Gasteiger partial charge in [0.05, 0.1) is 5.56 Å². The van der Waals surface area contributed by atoms with Gasteiger partial charge in [0.1, 0.15) is 11.8 Å². The number of fused-ring (bicyclic) bond motifs is 1. The second-order valence-electron chi connectivity index (χ2n) is 4.50. The number of likely N-dealkylation sites (tertiary alicyclic amines) is 1. The zero-order valence-electron chi connectivity index (χ0n) is 9.69. The van der Waals surface area contributed by atoms with Crippen LogP contribution in [0, 0.1) is 0 Å². The normalized spacial score (nSPS) is 16.4. The topological polar surface area (TPSA) is 33.5 Å². The maximum Gasteiger partial charge on any atom is 0.257 e. The van der Waals surface area contributed by atoms with E-state index in [4.69, 9.17) is 4.42 Å². The van der Waals surface area contributed by atoms with Gasteiger partial charge in [0.15, 0.2) is 0 Å². The summed E-state index contributed by atoms with van der Waals surface area (Å²) in [6.45, 7) is 1.75. The molecule has 0 spiro atoms. The monoisotopic (exact) mass is 229 g/mol. The zero-order chi connectivity index (χ0) is 11.7. The molecule has 1 saturated heterocycles. The van der Waals surface area contributed by atoms with Crippen LogP contribution < -0.4 is 0 Å². The van der Waals surface area contributed by atoms with Crippen LogP contribution in [0.1, 0.15) is 29.6 Å². The molecule has 1 aliphatic heterocycles. The molecule has 0 aliphatic carbocycles. The van der Waals surface area contributed by atoms with Crippen molar-refractivity contribution in [2.45, 2.75) is 19.3 Å². The second kappa shape index (κ2) is 4.24. The summed E-state index contributed by atoms with van der Waals surface area (Å²) in [6, 6.07) is 7.68. The molecule has 0 radical (unpaired) electrons. The third-order valence-electron chi connectivity index (χ3n) is 3.35. The molecule has 3 rings (SSSR count). The van der Waals surface area contributed by atoms with Crippen molar-refractivity contribution in [2.75, 3.05) is 13.1 Å². The largest absolute Gasteiger partial charge is 0.463 e. The van der Waals surface area contributed by atoms with Crippen LogP contribution >= 0.6 is 0 Å². The lowest BCUT2D eigenvalue weighted by atomic mass is 10.1. The number of furan rings is 1. The van der Waals surface area contributed by atoms with E-state index in [0.717, 1.165) is 36.9 Å². The Balaban J connectivity index is 1.95. The molecule has 17 heavy (non-hydrogen) atoms. The minimum Gasteiger partial charge on any atom is -0.463 e. The van der Waals surface area contributed by atoms with E-state index in [1.807, 2.05) is 29.2 Å². The quantitative estimate of drug-likeness (QED) is 0.753. The summed E-state index contributed by atoms with van der Waals surface area (Å²) < 4.78 is 5.41. The van der Waals surface area contributed by atoms with Gasteiger partial charge >= 0.3 is 0 Å². The Bertz CT molecular complexity index is 538. The first-order valence-electron chi connectivity index (χ1n) is 6.12. The first kappa shape index (κ1) is 10.4. The Morgan fingerprint density at radius 1 is 1.12 bits per heavy atom. The molecule has 88 valence electrons. The lowest BCUT2D eigenvalue weighted by molar-refractivity contribution is 0.0725. The number of benzene rings is 1. The van der Waals surface area contributed by atoms with Crippen LogP contribution in [0.5, 0.6) is 0 Å². The van der Waals surface area contributed by atoms with Crippen molar-refractivity contribution in [3.8, 4) is 0 Å². The number of rotatable bonds is 1. The molecule has 1 amide bonds. The summed E-state index contributed by atoms with van der Waals surface area (Å²) in [5.41, 5.74) is 1.48. The van der Waals surface area contributed by atoms with Gasteiger partial charge in [-0.3, -0.25) is 4.79 Å². The third kappa shape index (κ3) is 1.82. The molecule has 1 fully saturated rings. The summed E-state index contributed by atoms with van der Waals surface area (Å²) in [7, 11) is 0. The van der Waals surface area contributed by atoms with Crippen molar-refractivity contribution in [2.24, 2.45) is 0 Å². The van der Waals surface area contributed by atoms with E-state index in [1.165, 1.54) is 6.42 Å². The van der Waals surface area contributed by atoms with Gasteiger partial charge in [0.25, 0.3) is 5.91 Å². The summed E-state index contributed by atoms with van der Waals surface area (Å²) in [6.07, 6.45) is 5.04. The fraction of sp³-hybridized carbons (Fsp3) is 0.357. The summed E-state index contributed by atoms with van der Waals surface area (Å²) in [5, 5.41) is 0.920. The molecule has 0 atom stereocenters. The molecular weight excluding hydrogens is 214 g/mol. The van der Waals surface area contributed by atoms with Crippen LogP contribution in [0.3, 0.4) is 0 Å². The van der Waals surface area contributed by atoms with Gasteiger partial charge in [-0.1, -0.05) is 18.2 Å². The highest BCUT2D eigenvalue weighted by Crippen LogP contribution is 2.23. The molecule has 2 aromatic rings. The number of carbonyl (C=O) groups excluding carboxylic acids is 1. The highest BCUT2D eigenvalue weighted by Gasteiger charge is 2.21. The SMILES string of the molecule is O=C(c1coc2ccccc12)N1CCCCC1. The summed E-state index contributed by atoms with van der Waals surface area (Å²) in [5.74, 6) is 0.106. The number of para-hydroxylation sites is 1. The number of amides is 1. The molecule has 2 heterocycles. The van der Waals surface area contributed by atoms with Crippen molar-refractivity contribution in [3.63, 3.8) is 0 Å². The summed E-state index contributed by atoms with van der Waals surface area (Å²) in [4.78, 5) is 14.3. The van der Waals surface area contributed by atoms with E-state index in [2.05, 4.69) is 0 Å². The molecule has 0 saturated carbocycles. The predicted octanol–water partition coefficient (Wildman–Crippen LogP) is 3.06. The predicted molar refractivity (Wildman–Crippen MR) is 66.0 cm³/mol. The number of hydrogen-bond acceptors (Lipinski definition) is 2. The number of piperidine rings is 1. The van der Waals surface area contributed by atoms with E-state index in [9.17, 15) is 4.79 Å². The summed E-state index contributed by atoms with van der Waals surface area (Å²) >= 11 is 0. The third-order valence-corrected chi connectivity index (χ3v) is 3.35. The van der Waals surface area contributed by atoms with Gasteiger partial charge < -0.3 is 9.32 Å². The van der Waals surface area contributed by atoms with Crippen LogP contribution in [0.25, 0.3) is 11.0 Å². The maximum atomic E-state index is 12.3. The zero-order valence-corrected chi connectivity index (χ0v) is 9.69. The fourth-order valence-corrected chi connectivity index (χ4v) is 2.41. The van der Waals surface area contributed by atoms with E-state index < -0.39 is 0 Å². The lowest BCUT2D eigenvalue weighted by Crippen LogP contribution is -2.35. The van der Waals surface area contributed by atoms with Crippen LogP contribution in [-0.4, -0.2) is 23.9 Å². The molecular formula is C14H15NO2. The van der Waals surface area contributed by atoms with E-state index in [1.54, 1.807) is 6.26 Å². The number of hydrogen-bond donors (Lipinski definition) is 0. The average molecular weight is 229 g/mol. The van der Waals surface area contributed by atoms with Gasteiger partial charge in [-0.05, 0) is 25.3 Å². The molecule has 3 heteroatoms. The number of carbonyl (C=O) groups is 1. The molecule has 3 nitrogen and oxygen atoms in total. The molecule has 1 aromatic heterocycles. The van der Waals surface area contributed by atoms with Crippen LogP contribution in [0.15, 0.2) is 34.9 Å². The van der Waals surface area contributed by atoms with Crippen molar-refractivity contribution < 1.29 is 9.21 Å². The Labute approximate surface area is 100 Å². The minimum atomic E-state index is 0.106. The molecule has 1 aliphatic rings. The van der Waals surface area contributed by atoms with Crippen molar-refractivity contribution in [1.82, 2.24) is 4.90 Å². The second-order valence-corrected chi connectivity index (χ2v) is 4.50. The fourth-order valence-electron chi connectivity index (χ4n) is 2.41. The Kier molecular flexibility index (Phi) is 2.59. The smallest absolute Gasteiger partial charge is 0.257 e. The first-order valence-corrected chi connectivity index (χ1v) is 6.12. The van der Waals surface area contributed by atoms with Gasteiger partial charge in [-0.2, -0.15) is 0 Å². The maximum absolute atomic E-state index is 12.3. The van der Waals surface area contributed by atoms with Crippen molar-refractivity contribution in [1.29, 1.82) is 0 Å². The highest BCUT2D eigenvalue weighted by molar-refractivity contribution is 6.05. The van der Waals surface area contributed by atoms with Gasteiger partial charge in [-0.25, -0.2) is 0 Å². The Morgan fingerprint density at radius 3 is 2.71 bits per heavy atom. The number of nitrogens with zero attached hydrogens (tertiary/aromatic N) is 1. The van der Waals surface area contributed by atoms with Crippen LogP contribution in [-0.2, 0) is 0 Å². The van der Waals surface area contributed by atoms with Crippen molar-refractivity contribution >= 4 is 16.9 Å². The van der Waals surface area contributed by atoms with Crippen molar-refractivity contribution in [3.05, 3.63) is 36.1 Å². The Hall–Kier alpha value is -1.77. The lowest BCUT2D eigenvalue weighted by Gasteiger charge is -2.26. The van der Waals surface area contributed by atoms with Gasteiger partial charge in [-0.15, -0.1) is 0 Å². The average Bonchev–Trinajstić information content (AvgIpc) is 2.83. The van der Waals surface area contributed by atoms with Gasteiger partial charge in [0.2, 0.25) is 0 Å². The highest BCUT2D eigenvalue weighted by atomic mass is 16.3. The molecule has 1 aromatic carbocycles. The van der Waals surface area contributed by atoms with Gasteiger partial charge in [0, 0.05) is 18.5 Å². The van der Waals surface area contributed by atoms with E-state index in [-0.39, 0.29) is 5.91 Å². The Morgan fingerprint density at radius 2 is 1.88 bits per heavy atom. The standard InChI is InChI=1S/C14H15NO2/c16-14(15-8-4-1-5-9-15)12-10-17-13-7-3-2-6-11(12)13/h2-3,6-7,10H,1,4-5,8-9H2. The molecule has 0 unspecified atom stereocenters. The van der Waals surface area contributed by atoms with E-state index >= 15 is 0 Å². The molecule has 0 bridgehead atoms. The van der Waals surface area contributed by atoms with E-state index in [0.29, 0.717) is 5.56 Å². The van der Waals surface area contributed by atoms with Crippen LogP contribution in [0.2, 0.25) is 0 Å². The molecule has 0 N–H and O–H groups in total. The van der Waals surface area contributed by atoms with Crippen LogP contribution in [0.4, 0.5) is 0 Å².